The number of hydrogen-bond donors (Lipinski definition) is 2. The summed E-state index contributed by atoms with van der Waals surface area (Å²) in [6, 6.07) is 8.14. The molecule has 0 radical (unpaired) electrons. The maximum absolute atomic E-state index is 12.4. The highest BCUT2D eigenvalue weighted by Gasteiger charge is 2.17. The lowest BCUT2D eigenvalue weighted by molar-refractivity contribution is -0.268. The molecule has 0 spiro atoms. The van der Waals surface area contributed by atoms with Gasteiger partial charge in [-0.3, -0.25) is 4.72 Å². The zero-order valence-corrected chi connectivity index (χ0v) is 12.8. The van der Waals surface area contributed by atoms with Crippen LogP contribution in [0.25, 0.3) is 0 Å². The van der Waals surface area contributed by atoms with E-state index in [9.17, 15) is 18.3 Å². The Balaban J connectivity index is 2.41. The highest BCUT2D eigenvalue weighted by Crippen LogP contribution is 2.23. The zero-order chi connectivity index (χ0) is 16.5. The lowest BCUT2D eigenvalue weighted by Crippen LogP contribution is -2.15. The van der Waals surface area contributed by atoms with Crippen LogP contribution in [0.15, 0.2) is 41.3 Å². The van der Waals surface area contributed by atoms with E-state index in [4.69, 9.17) is 5.11 Å². The van der Waals surface area contributed by atoms with Crippen molar-refractivity contribution in [2.24, 2.45) is 0 Å². The molecule has 116 valence electrons. The molecule has 0 amide bonds. The molecule has 2 aromatic rings. The number of nitrogens with one attached hydrogen (secondary N) is 1. The van der Waals surface area contributed by atoms with Crippen molar-refractivity contribution in [3.8, 4) is 5.75 Å². The van der Waals surface area contributed by atoms with Gasteiger partial charge in [0.2, 0.25) is 0 Å². The van der Waals surface area contributed by atoms with Gasteiger partial charge in [0.1, 0.15) is 0 Å². The third-order valence-corrected chi connectivity index (χ3v) is 4.62. The van der Waals surface area contributed by atoms with Crippen molar-refractivity contribution < 1.29 is 23.4 Å². The number of benzene rings is 2. The molecule has 0 aromatic heterocycles. The average Bonchev–Trinajstić information content (AvgIpc) is 2.39. The SMILES string of the molecule is Cc1ccc(S(=O)(=O)Nc2ccc([O-])c(C(=O)O)c2)c(C)c1. The van der Waals surface area contributed by atoms with Crippen LogP contribution in [0, 0.1) is 13.8 Å². The quantitative estimate of drug-likeness (QED) is 0.894. The number of anilines is 1. The topological polar surface area (TPSA) is 107 Å². The smallest absolute Gasteiger partial charge is 0.335 e. The van der Waals surface area contributed by atoms with E-state index in [1.165, 1.54) is 12.1 Å². The van der Waals surface area contributed by atoms with Crippen LogP contribution in [0.5, 0.6) is 5.75 Å². The number of carbonyl (C=O) groups is 1. The van der Waals surface area contributed by atoms with Gasteiger partial charge in [0.15, 0.2) is 0 Å². The first-order chi connectivity index (χ1) is 10.2. The van der Waals surface area contributed by atoms with Crippen LogP contribution in [0.1, 0.15) is 21.5 Å². The molecule has 0 aliphatic carbocycles. The number of sulfonamides is 1. The number of rotatable bonds is 4. The summed E-state index contributed by atoms with van der Waals surface area (Å²) in [5, 5.41) is 20.3. The minimum atomic E-state index is -3.86. The van der Waals surface area contributed by atoms with Gasteiger partial charge < -0.3 is 10.2 Å². The summed E-state index contributed by atoms with van der Waals surface area (Å²) in [7, 11) is -3.86. The molecule has 0 atom stereocenters. The third kappa shape index (κ3) is 3.20. The Morgan fingerprint density at radius 2 is 1.82 bits per heavy atom. The first-order valence-electron chi connectivity index (χ1n) is 6.35. The summed E-state index contributed by atoms with van der Waals surface area (Å²) in [5.41, 5.74) is 1.05. The fourth-order valence-electron chi connectivity index (χ4n) is 2.07. The molecular formula is C15H14NO5S-. The van der Waals surface area contributed by atoms with Crippen LogP contribution >= 0.6 is 0 Å². The molecule has 2 N–H and O–H groups in total. The zero-order valence-electron chi connectivity index (χ0n) is 12.0. The van der Waals surface area contributed by atoms with Gasteiger partial charge in [-0.2, -0.15) is 0 Å². The Morgan fingerprint density at radius 1 is 1.14 bits per heavy atom. The molecule has 2 rings (SSSR count). The summed E-state index contributed by atoms with van der Waals surface area (Å²) in [4.78, 5) is 11.0. The second-order valence-corrected chi connectivity index (χ2v) is 6.54. The monoisotopic (exact) mass is 320 g/mol. The molecule has 0 fully saturated rings. The van der Waals surface area contributed by atoms with E-state index in [0.717, 1.165) is 17.7 Å². The van der Waals surface area contributed by atoms with Crippen molar-refractivity contribution in [1.29, 1.82) is 0 Å². The van der Waals surface area contributed by atoms with Gasteiger partial charge in [0.05, 0.1) is 10.5 Å². The molecular weight excluding hydrogens is 306 g/mol. The standard InChI is InChI=1S/C15H15NO5S/c1-9-3-6-14(10(2)7-9)22(20,21)16-11-4-5-13(17)12(8-11)15(18)19/h3-8,16-17H,1-2H3,(H,18,19)/p-1. The molecule has 0 unspecified atom stereocenters. The number of hydrogen-bond acceptors (Lipinski definition) is 4. The van der Waals surface area contributed by atoms with Crippen molar-refractivity contribution in [2.75, 3.05) is 4.72 Å². The van der Waals surface area contributed by atoms with Crippen LogP contribution in [-0.2, 0) is 10.0 Å². The van der Waals surface area contributed by atoms with Gasteiger partial charge in [0, 0.05) is 5.69 Å². The molecule has 0 saturated carbocycles. The van der Waals surface area contributed by atoms with Crippen molar-refractivity contribution in [3.63, 3.8) is 0 Å². The molecule has 6 nitrogen and oxygen atoms in total. The predicted molar refractivity (Wildman–Crippen MR) is 79.6 cm³/mol. The molecule has 0 saturated heterocycles. The lowest BCUT2D eigenvalue weighted by Gasteiger charge is -2.14. The molecule has 22 heavy (non-hydrogen) atoms. The molecule has 2 aromatic carbocycles. The van der Waals surface area contributed by atoms with E-state index in [1.54, 1.807) is 19.1 Å². The minimum absolute atomic E-state index is 0.0250. The van der Waals surface area contributed by atoms with Crippen molar-refractivity contribution >= 4 is 21.7 Å². The van der Waals surface area contributed by atoms with Gasteiger partial charge in [-0.15, -0.1) is 0 Å². The summed E-state index contributed by atoms with van der Waals surface area (Å²) in [5.74, 6) is -2.08. The summed E-state index contributed by atoms with van der Waals surface area (Å²) < 4.78 is 27.0. The second kappa shape index (κ2) is 5.69. The van der Waals surface area contributed by atoms with Crippen LogP contribution in [0.4, 0.5) is 5.69 Å². The minimum Gasteiger partial charge on any atom is -0.872 e. The Hall–Kier alpha value is -2.54. The van der Waals surface area contributed by atoms with Crippen LogP contribution in [0.2, 0.25) is 0 Å². The van der Waals surface area contributed by atoms with E-state index >= 15 is 0 Å². The highest BCUT2D eigenvalue weighted by atomic mass is 32.2. The molecule has 0 heterocycles. The maximum atomic E-state index is 12.4. The average molecular weight is 320 g/mol. The first kappa shape index (κ1) is 15.8. The number of aromatic carboxylic acids is 1. The molecule has 0 bridgehead atoms. The lowest BCUT2D eigenvalue weighted by atomic mass is 10.2. The highest BCUT2D eigenvalue weighted by molar-refractivity contribution is 7.92. The van der Waals surface area contributed by atoms with E-state index < -0.39 is 27.3 Å². The largest absolute Gasteiger partial charge is 0.872 e. The maximum Gasteiger partial charge on any atom is 0.335 e. The molecule has 0 aliphatic rings. The van der Waals surface area contributed by atoms with Gasteiger partial charge in [0.25, 0.3) is 10.0 Å². The summed E-state index contributed by atoms with van der Waals surface area (Å²) in [6.45, 7) is 3.52. The normalized spacial score (nSPS) is 11.2. The van der Waals surface area contributed by atoms with E-state index in [0.29, 0.717) is 5.56 Å². The van der Waals surface area contributed by atoms with E-state index in [-0.39, 0.29) is 10.6 Å². The second-order valence-electron chi connectivity index (χ2n) is 4.89. The van der Waals surface area contributed by atoms with Crippen molar-refractivity contribution in [1.82, 2.24) is 0 Å². The Labute approximate surface area is 128 Å². The Kier molecular flexibility index (Phi) is 4.09. The van der Waals surface area contributed by atoms with Gasteiger partial charge in [-0.1, -0.05) is 29.5 Å². The van der Waals surface area contributed by atoms with E-state index in [1.807, 2.05) is 6.92 Å². The Morgan fingerprint density at radius 3 is 2.41 bits per heavy atom. The molecule has 0 aliphatic heterocycles. The fraction of sp³-hybridized carbons (Fsp3) is 0.133. The van der Waals surface area contributed by atoms with Crippen LogP contribution in [0.3, 0.4) is 0 Å². The van der Waals surface area contributed by atoms with Crippen molar-refractivity contribution in [2.45, 2.75) is 18.7 Å². The predicted octanol–water partition coefficient (Wildman–Crippen LogP) is 1.88. The van der Waals surface area contributed by atoms with Crippen molar-refractivity contribution in [3.05, 3.63) is 53.1 Å². The number of carboxylic acid groups (broad SMARTS) is 1. The fourth-order valence-corrected chi connectivity index (χ4v) is 3.35. The summed E-state index contributed by atoms with van der Waals surface area (Å²) >= 11 is 0. The van der Waals surface area contributed by atoms with Gasteiger partial charge in [-0.05, 0) is 37.6 Å². The van der Waals surface area contributed by atoms with Crippen LogP contribution in [-0.4, -0.2) is 19.5 Å². The van der Waals surface area contributed by atoms with Crippen LogP contribution < -0.4 is 9.83 Å². The van der Waals surface area contributed by atoms with E-state index in [2.05, 4.69) is 4.72 Å². The number of carboxylic acids is 1. The molecule has 7 heteroatoms. The Bertz CT molecular complexity index is 843. The van der Waals surface area contributed by atoms with Gasteiger partial charge in [-0.25, -0.2) is 13.2 Å². The first-order valence-corrected chi connectivity index (χ1v) is 7.83. The number of aryl methyl sites for hydroxylation is 2. The summed E-state index contributed by atoms with van der Waals surface area (Å²) in [6.07, 6.45) is 0. The van der Waals surface area contributed by atoms with Gasteiger partial charge >= 0.3 is 5.97 Å². The third-order valence-electron chi connectivity index (χ3n) is 3.08.